The van der Waals surface area contributed by atoms with Gasteiger partial charge in [0.05, 0.1) is 5.33 Å². The first kappa shape index (κ1) is 15.0. The van der Waals surface area contributed by atoms with Gasteiger partial charge in [0.1, 0.15) is 4.70 Å². The van der Waals surface area contributed by atoms with E-state index in [-0.39, 0.29) is 17.0 Å². The summed E-state index contributed by atoms with van der Waals surface area (Å²) in [6, 6.07) is 5.98. The van der Waals surface area contributed by atoms with Crippen LogP contribution in [0.1, 0.15) is 5.01 Å². The number of benzene rings is 1. The molecule has 2 aromatic rings. The average Bonchev–Trinajstić information content (AvgIpc) is 2.56. The number of halogens is 3. The standard InChI is InChI=1S/C12H10BrClNS.BrH/c1-9-15(7-3-2-6-13)11-8-10(14)4-5-12(11)16-9;/h4-5,8H,6-7H2,1H3;1H/q+1;/p-1. The Bertz CT molecular complexity index is 583. The minimum atomic E-state index is 0. The van der Waals surface area contributed by atoms with E-state index in [1.165, 1.54) is 15.2 Å². The summed E-state index contributed by atoms with van der Waals surface area (Å²) >= 11 is 11.1. The van der Waals surface area contributed by atoms with Crippen LogP contribution >= 0.6 is 38.9 Å². The maximum atomic E-state index is 6.01. The highest BCUT2D eigenvalue weighted by atomic mass is 79.9. The zero-order chi connectivity index (χ0) is 11.5. The molecule has 0 saturated carbocycles. The van der Waals surface area contributed by atoms with Gasteiger partial charge in [-0.3, -0.25) is 0 Å². The topological polar surface area (TPSA) is 3.88 Å². The van der Waals surface area contributed by atoms with Crippen LogP contribution in [0, 0.1) is 18.8 Å². The molecule has 0 saturated heterocycles. The smallest absolute Gasteiger partial charge is 0.236 e. The van der Waals surface area contributed by atoms with Crippen molar-refractivity contribution in [3.05, 3.63) is 28.2 Å². The zero-order valence-electron chi connectivity index (χ0n) is 9.14. The van der Waals surface area contributed by atoms with Gasteiger partial charge in [0, 0.05) is 18.0 Å². The molecule has 0 amide bonds. The second kappa shape index (κ2) is 6.75. The van der Waals surface area contributed by atoms with Crippen molar-refractivity contribution in [3.8, 4) is 11.8 Å². The first-order chi connectivity index (χ1) is 7.72. The van der Waals surface area contributed by atoms with Gasteiger partial charge in [-0.15, -0.1) is 0 Å². The van der Waals surface area contributed by atoms with Crippen LogP contribution in [0.25, 0.3) is 10.2 Å². The fourth-order valence-electron chi connectivity index (χ4n) is 1.55. The number of thiazole rings is 1. The molecule has 0 unspecified atom stereocenters. The van der Waals surface area contributed by atoms with Crippen molar-refractivity contribution in [1.29, 1.82) is 0 Å². The SMILES string of the molecule is Cc1sc2ccc(Cl)cc2[n+]1CC#CCBr.[Br-]. The summed E-state index contributed by atoms with van der Waals surface area (Å²) in [6.45, 7) is 2.83. The predicted octanol–water partition coefficient (Wildman–Crippen LogP) is 0.553. The zero-order valence-corrected chi connectivity index (χ0v) is 13.9. The molecule has 2 rings (SSSR count). The van der Waals surface area contributed by atoms with Crippen molar-refractivity contribution < 1.29 is 21.5 Å². The van der Waals surface area contributed by atoms with Crippen molar-refractivity contribution in [2.45, 2.75) is 13.5 Å². The molecule has 0 radical (unpaired) electrons. The van der Waals surface area contributed by atoms with Gasteiger partial charge in [-0.1, -0.05) is 44.8 Å². The van der Waals surface area contributed by atoms with Crippen LogP contribution in [0.4, 0.5) is 0 Å². The maximum absolute atomic E-state index is 6.01. The molecule has 0 bridgehead atoms. The third-order valence-electron chi connectivity index (χ3n) is 2.28. The molecule has 0 spiro atoms. The Kier molecular flexibility index (Phi) is 5.94. The van der Waals surface area contributed by atoms with Crippen LogP contribution in [0.15, 0.2) is 18.2 Å². The van der Waals surface area contributed by atoms with E-state index in [2.05, 4.69) is 45.3 Å². The Morgan fingerprint density at radius 1 is 1.41 bits per heavy atom. The van der Waals surface area contributed by atoms with Gasteiger partial charge >= 0.3 is 0 Å². The fraction of sp³-hybridized carbons (Fsp3) is 0.250. The van der Waals surface area contributed by atoms with Crippen molar-refractivity contribution >= 4 is 49.1 Å². The second-order valence-electron chi connectivity index (χ2n) is 3.31. The monoisotopic (exact) mass is 393 g/mol. The first-order valence-electron chi connectivity index (χ1n) is 4.82. The van der Waals surface area contributed by atoms with E-state index in [1.807, 2.05) is 12.1 Å². The molecule has 1 nitrogen and oxygen atoms in total. The van der Waals surface area contributed by atoms with E-state index in [4.69, 9.17) is 11.6 Å². The molecule has 1 heterocycles. The molecule has 90 valence electrons. The van der Waals surface area contributed by atoms with E-state index in [1.54, 1.807) is 11.3 Å². The summed E-state index contributed by atoms with van der Waals surface area (Å²) in [4.78, 5) is 0. The number of hydrogen-bond donors (Lipinski definition) is 0. The molecule has 0 aliphatic rings. The number of aromatic nitrogens is 1. The van der Waals surface area contributed by atoms with E-state index in [9.17, 15) is 0 Å². The molecular formula is C12H10Br2ClNS. The fourth-order valence-corrected chi connectivity index (χ4v) is 2.92. The van der Waals surface area contributed by atoms with Crippen LogP contribution in [0.5, 0.6) is 0 Å². The second-order valence-corrected chi connectivity index (χ2v) is 5.54. The van der Waals surface area contributed by atoms with E-state index in [0.717, 1.165) is 16.9 Å². The van der Waals surface area contributed by atoms with Crippen molar-refractivity contribution in [1.82, 2.24) is 0 Å². The summed E-state index contributed by atoms with van der Waals surface area (Å²) in [5.41, 5.74) is 1.17. The van der Waals surface area contributed by atoms with Crippen LogP contribution in [-0.2, 0) is 6.54 Å². The Labute approximate surface area is 129 Å². The summed E-state index contributed by atoms with van der Waals surface area (Å²) in [6.07, 6.45) is 0. The lowest BCUT2D eigenvalue weighted by Crippen LogP contribution is -3.00. The van der Waals surface area contributed by atoms with Gasteiger partial charge in [-0.2, -0.15) is 4.57 Å². The van der Waals surface area contributed by atoms with Crippen LogP contribution < -0.4 is 21.5 Å². The van der Waals surface area contributed by atoms with Crippen LogP contribution in [0.2, 0.25) is 5.02 Å². The molecule has 0 fully saturated rings. The van der Waals surface area contributed by atoms with Gasteiger partial charge < -0.3 is 17.0 Å². The molecular weight excluding hydrogens is 385 g/mol. The van der Waals surface area contributed by atoms with Gasteiger partial charge in [-0.25, -0.2) is 0 Å². The molecule has 5 heteroatoms. The number of hydrogen-bond acceptors (Lipinski definition) is 1. The van der Waals surface area contributed by atoms with Gasteiger partial charge in [-0.05, 0) is 18.1 Å². The van der Waals surface area contributed by atoms with Crippen molar-refractivity contribution in [2.24, 2.45) is 0 Å². The molecule has 1 aromatic heterocycles. The van der Waals surface area contributed by atoms with Crippen molar-refractivity contribution in [2.75, 3.05) is 5.33 Å². The molecule has 0 atom stereocenters. The minimum Gasteiger partial charge on any atom is -1.00 e. The van der Waals surface area contributed by atoms with Crippen LogP contribution in [-0.4, -0.2) is 5.33 Å². The molecule has 0 N–H and O–H groups in total. The summed E-state index contributed by atoms with van der Waals surface area (Å²) in [5.74, 6) is 6.13. The molecule has 0 aliphatic heterocycles. The minimum absolute atomic E-state index is 0. The van der Waals surface area contributed by atoms with Gasteiger partial charge in [0.25, 0.3) is 0 Å². The Morgan fingerprint density at radius 2 is 2.18 bits per heavy atom. The highest BCUT2D eigenvalue weighted by Crippen LogP contribution is 2.22. The lowest BCUT2D eigenvalue weighted by atomic mass is 10.3. The average molecular weight is 396 g/mol. The molecule has 17 heavy (non-hydrogen) atoms. The maximum Gasteiger partial charge on any atom is 0.236 e. The van der Waals surface area contributed by atoms with E-state index < -0.39 is 0 Å². The predicted molar refractivity (Wildman–Crippen MR) is 73.3 cm³/mol. The number of rotatable bonds is 1. The van der Waals surface area contributed by atoms with E-state index >= 15 is 0 Å². The third kappa shape index (κ3) is 3.45. The largest absolute Gasteiger partial charge is 1.00 e. The molecule has 1 aromatic carbocycles. The van der Waals surface area contributed by atoms with Crippen molar-refractivity contribution in [3.63, 3.8) is 0 Å². The highest BCUT2D eigenvalue weighted by Gasteiger charge is 2.15. The quantitative estimate of drug-likeness (QED) is 0.377. The van der Waals surface area contributed by atoms with Gasteiger partial charge in [0.15, 0.2) is 0 Å². The Morgan fingerprint density at radius 3 is 2.88 bits per heavy atom. The Hall–Kier alpha value is -0.0800. The van der Waals surface area contributed by atoms with Gasteiger partial charge in [0.2, 0.25) is 17.1 Å². The van der Waals surface area contributed by atoms with E-state index in [0.29, 0.717) is 0 Å². The summed E-state index contributed by atoms with van der Waals surface area (Å²) in [5, 5.41) is 2.74. The summed E-state index contributed by atoms with van der Waals surface area (Å²) in [7, 11) is 0. The lowest BCUT2D eigenvalue weighted by Gasteiger charge is -1.90. The normalized spacial score (nSPS) is 9.59. The number of fused-ring (bicyclic) bond motifs is 1. The lowest BCUT2D eigenvalue weighted by molar-refractivity contribution is -0.660. The van der Waals surface area contributed by atoms with Crippen LogP contribution in [0.3, 0.4) is 0 Å². The first-order valence-corrected chi connectivity index (χ1v) is 7.14. The number of nitrogens with zero attached hydrogens (tertiary/aromatic N) is 1. The number of alkyl halides is 1. The summed E-state index contributed by atoms with van der Waals surface area (Å²) < 4.78 is 3.45. The number of aryl methyl sites for hydroxylation is 1. The highest BCUT2D eigenvalue weighted by molar-refractivity contribution is 9.09. The third-order valence-corrected chi connectivity index (χ3v) is 3.87. The molecule has 0 aliphatic carbocycles. The Balaban J connectivity index is 0.00000144.